The highest BCUT2D eigenvalue weighted by molar-refractivity contribution is 7.47. The van der Waals surface area contributed by atoms with Gasteiger partial charge in [-0.2, -0.15) is 0 Å². The van der Waals surface area contributed by atoms with Crippen LogP contribution in [0.1, 0.15) is 200 Å². The average Bonchev–Trinajstić information content (AvgIpc) is 3.50. The lowest BCUT2D eigenvalue weighted by Gasteiger charge is -2.24. The molecule has 63 heavy (non-hydrogen) atoms. The molecule has 1 aliphatic carbocycles. The molecule has 0 spiro atoms. The van der Waals surface area contributed by atoms with Gasteiger partial charge in [0.1, 0.15) is 25.5 Å². The van der Waals surface area contributed by atoms with Crippen LogP contribution in [0.4, 0.5) is 0 Å². The van der Waals surface area contributed by atoms with E-state index in [0.29, 0.717) is 43.1 Å². The highest BCUT2D eigenvalue weighted by Crippen LogP contribution is 2.43. The SMILES string of the molecule is CCCCCCCCCCCCCCCCCCCCCC(=O)OC[C@H](COP(=O)(O)OCC[N+](C)(C)C)OC(=O)CCC/C=C\C[C@H]1C(=O)C[C@@H](O)[C@@H]1/C=C/[C@@H](O)CCCCC. The Bertz CT molecular complexity index is 1290. The normalized spacial score (nSPS) is 18.9. The highest BCUT2D eigenvalue weighted by Gasteiger charge is 2.39. The zero-order chi connectivity index (χ0) is 46.6. The average molecular weight is 915 g/mol. The van der Waals surface area contributed by atoms with Crippen LogP contribution in [-0.2, 0) is 37.5 Å². The molecule has 0 amide bonds. The third-order valence-corrected chi connectivity index (χ3v) is 12.8. The van der Waals surface area contributed by atoms with Gasteiger partial charge in [-0.15, -0.1) is 0 Å². The van der Waals surface area contributed by atoms with Gasteiger partial charge in [0.15, 0.2) is 6.10 Å². The Morgan fingerprint density at radius 1 is 0.730 bits per heavy atom. The van der Waals surface area contributed by atoms with Gasteiger partial charge in [0.2, 0.25) is 0 Å². The molecule has 0 heterocycles. The third kappa shape index (κ3) is 34.1. The maximum absolute atomic E-state index is 12.8. The molecular formula is C50H93NO11P+. The van der Waals surface area contributed by atoms with Crippen molar-refractivity contribution in [1.82, 2.24) is 0 Å². The molecule has 0 radical (unpaired) electrons. The smallest absolute Gasteiger partial charge is 0.462 e. The predicted molar refractivity (Wildman–Crippen MR) is 253 cm³/mol. The number of aliphatic hydroxyl groups excluding tert-OH is 2. The number of hydrogen-bond donors (Lipinski definition) is 3. The number of ketones is 1. The van der Waals surface area contributed by atoms with Crippen molar-refractivity contribution in [3.8, 4) is 0 Å². The Morgan fingerprint density at radius 2 is 1.25 bits per heavy atom. The molecule has 368 valence electrons. The van der Waals surface area contributed by atoms with Crippen LogP contribution in [0.15, 0.2) is 24.3 Å². The topological polar surface area (TPSA) is 166 Å². The molecule has 13 heteroatoms. The predicted octanol–water partition coefficient (Wildman–Crippen LogP) is 11.3. The van der Waals surface area contributed by atoms with E-state index >= 15 is 0 Å². The third-order valence-electron chi connectivity index (χ3n) is 11.9. The first-order chi connectivity index (χ1) is 30.2. The zero-order valence-corrected chi connectivity index (χ0v) is 41.4. The second kappa shape index (κ2) is 37.2. The maximum atomic E-state index is 12.8. The van der Waals surface area contributed by atoms with Gasteiger partial charge in [-0.1, -0.05) is 173 Å². The van der Waals surface area contributed by atoms with E-state index in [-0.39, 0.29) is 50.1 Å². The van der Waals surface area contributed by atoms with E-state index in [2.05, 4.69) is 13.8 Å². The number of carbonyl (C=O) groups excluding carboxylic acids is 3. The number of allylic oxidation sites excluding steroid dienone is 2. The Hall–Kier alpha value is -1.92. The maximum Gasteiger partial charge on any atom is 0.472 e. The summed E-state index contributed by atoms with van der Waals surface area (Å²) in [5, 5.41) is 20.8. The number of hydrogen-bond acceptors (Lipinski definition) is 10. The second-order valence-corrected chi connectivity index (χ2v) is 20.4. The summed E-state index contributed by atoms with van der Waals surface area (Å²) in [4.78, 5) is 48.3. The molecule has 0 aromatic carbocycles. The van der Waals surface area contributed by atoms with E-state index in [1.54, 1.807) is 12.2 Å². The number of phosphoric ester groups is 1. The van der Waals surface area contributed by atoms with E-state index in [4.69, 9.17) is 18.5 Å². The van der Waals surface area contributed by atoms with Crippen LogP contribution in [0.25, 0.3) is 0 Å². The van der Waals surface area contributed by atoms with E-state index < -0.39 is 44.7 Å². The minimum Gasteiger partial charge on any atom is -0.462 e. The Balaban J connectivity index is 2.42. The van der Waals surface area contributed by atoms with E-state index in [1.165, 1.54) is 96.3 Å². The molecule has 1 unspecified atom stereocenters. The molecule has 1 fully saturated rings. The lowest BCUT2D eigenvalue weighted by molar-refractivity contribution is -0.870. The largest absolute Gasteiger partial charge is 0.472 e. The molecule has 0 saturated heterocycles. The number of rotatable bonds is 42. The Morgan fingerprint density at radius 3 is 1.81 bits per heavy atom. The minimum absolute atomic E-state index is 0.00316. The number of phosphoric acid groups is 1. The number of likely N-dealkylation sites (N-methyl/N-ethyl adjacent to an activating group) is 1. The minimum atomic E-state index is -4.45. The van der Waals surface area contributed by atoms with Crippen molar-refractivity contribution >= 4 is 25.5 Å². The molecule has 0 bridgehead atoms. The van der Waals surface area contributed by atoms with Gasteiger partial charge in [0.25, 0.3) is 0 Å². The van der Waals surface area contributed by atoms with Gasteiger partial charge in [0.05, 0.1) is 40.0 Å². The summed E-state index contributed by atoms with van der Waals surface area (Å²) in [6.07, 6.45) is 34.4. The zero-order valence-electron chi connectivity index (χ0n) is 40.5. The van der Waals surface area contributed by atoms with Crippen LogP contribution in [-0.4, -0.2) is 103 Å². The molecule has 0 aliphatic heterocycles. The number of Topliss-reactive ketones (excluding diaryl/α,β-unsaturated/α-hetero) is 1. The summed E-state index contributed by atoms with van der Waals surface area (Å²) >= 11 is 0. The lowest BCUT2D eigenvalue weighted by atomic mass is 9.90. The number of ether oxygens (including phenoxy) is 2. The van der Waals surface area contributed by atoms with E-state index in [1.807, 2.05) is 33.3 Å². The number of quaternary nitrogens is 1. The molecule has 6 atom stereocenters. The van der Waals surface area contributed by atoms with Crippen LogP contribution in [0.3, 0.4) is 0 Å². The lowest BCUT2D eigenvalue weighted by Crippen LogP contribution is -2.37. The van der Waals surface area contributed by atoms with Gasteiger partial charge in [0, 0.05) is 31.1 Å². The summed E-state index contributed by atoms with van der Waals surface area (Å²) in [7, 11) is 1.32. The number of aliphatic hydroxyl groups is 2. The van der Waals surface area contributed by atoms with Crippen molar-refractivity contribution in [1.29, 1.82) is 0 Å². The van der Waals surface area contributed by atoms with Gasteiger partial charge in [-0.3, -0.25) is 23.4 Å². The number of nitrogens with zero attached hydrogens (tertiary/aromatic N) is 1. The summed E-state index contributed by atoms with van der Waals surface area (Å²) in [6.45, 7) is 4.03. The number of carbonyl (C=O) groups is 3. The van der Waals surface area contributed by atoms with Gasteiger partial charge >= 0.3 is 19.8 Å². The van der Waals surface area contributed by atoms with E-state index in [0.717, 1.165) is 38.5 Å². The monoisotopic (exact) mass is 915 g/mol. The summed E-state index contributed by atoms with van der Waals surface area (Å²) in [6, 6.07) is 0. The van der Waals surface area contributed by atoms with Crippen molar-refractivity contribution in [2.45, 2.75) is 218 Å². The Labute approximate surface area is 383 Å². The standard InChI is InChI=1S/C50H92NO11P/c1-6-8-10-11-12-13-14-15-16-17-18-19-20-21-22-23-24-25-30-34-49(55)59-41-44(42-61-63(57,58)60-39-38-51(3,4)5)62-50(56)35-31-27-26-29-33-45-46(48(54)40-47(45)53)37-36-43(52)32-28-9-7-2/h26,29,36-37,43-46,48,52,54H,6-25,27-28,30-35,38-42H2,1-5H3/p+1/b29-26-,37-36+/t43-,44+,45+,46+,48+/m0/s1. The fourth-order valence-corrected chi connectivity index (χ4v) is 8.56. The Kier molecular flexibility index (Phi) is 34.9. The molecule has 0 aromatic rings. The molecule has 0 aromatic heterocycles. The highest BCUT2D eigenvalue weighted by atomic mass is 31.2. The first kappa shape index (κ1) is 59.1. The molecule has 3 N–H and O–H groups in total. The van der Waals surface area contributed by atoms with Crippen LogP contribution in [0.5, 0.6) is 0 Å². The molecule has 1 rings (SSSR count). The van der Waals surface area contributed by atoms with Crippen LogP contribution < -0.4 is 0 Å². The van der Waals surface area contributed by atoms with Crippen LogP contribution in [0, 0.1) is 11.8 Å². The van der Waals surface area contributed by atoms with Gasteiger partial charge in [-0.25, -0.2) is 4.57 Å². The van der Waals surface area contributed by atoms with Crippen LogP contribution >= 0.6 is 7.82 Å². The molecule has 1 saturated carbocycles. The van der Waals surface area contributed by atoms with Crippen LogP contribution in [0.2, 0.25) is 0 Å². The van der Waals surface area contributed by atoms with Crippen molar-refractivity contribution in [3.63, 3.8) is 0 Å². The summed E-state index contributed by atoms with van der Waals surface area (Å²) < 4.78 is 34.3. The number of unbranched alkanes of at least 4 members (excludes halogenated alkanes) is 21. The molecule has 1 aliphatic rings. The number of esters is 2. The van der Waals surface area contributed by atoms with Gasteiger partial charge in [-0.05, 0) is 32.1 Å². The van der Waals surface area contributed by atoms with Crippen molar-refractivity contribution < 1.29 is 57.1 Å². The summed E-state index contributed by atoms with van der Waals surface area (Å²) in [5.41, 5.74) is 0. The molecule has 12 nitrogen and oxygen atoms in total. The van der Waals surface area contributed by atoms with Crippen molar-refractivity contribution in [2.24, 2.45) is 11.8 Å². The molecular weight excluding hydrogens is 822 g/mol. The first-order valence-corrected chi connectivity index (χ1v) is 26.7. The quantitative estimate of drug-likeness (QED) is 0.0175. The van der Waals surface area contributed by atoms with Crippen molar-refractivity contribution in [2.75, 3.05) is 47.5 Å². The van der Waals surface area contributed by atoms with Gasteiger partial charge < -0.3 is 29.1 Å². The van der Waals surface area contributed by atoms with Crippen molar-refractivity contribution in [3.05, 3.63) is 24.3 Å². The summed E-state index contributed by atoms with van der Waals surface area (Å²) in [5.74, 6) is -1.71. The fourth-order valence-electron chi connectivity index (χ4n) is 7.82. The fraction of sp³-hybridized carbons (Fsp3) is 0.860. The second-order valence-electron chi connectivity index (χ2n) is 19.0. The first-order valence-electron chi connectivity index (χ1n) is 25.2. The van der Waals surface area contributed by atoms with E-state index in [9.17, 15) is 34.1 Å².